The average Bonchev–Trinajstić information content (AvgIpc) is 1.52. The van der Waals surface area contributed by atoms with E-state index in [0.29, 0.717) is 51.4 Å². The SMILES string of the molecule is CCO[C@@H]1C[C@H]2C(=O)NC3(CCC3)C(=O)N(C)[C@@H](C3CCCC3)C(=O)N(C)[C@H](C(=O)N(C)C)CC(=O)N(C)[C@@H](CC3CCC(F)C(F)C3)C(=O)N[C@@H]([C@@H](C)CC)C(=O)N(C)CC(=O)N(C)[C@H]3CCCCCN(C3=O)[C@@H](CC3CCC(C(F)(F)F)CC3)C(=O)N(C)CC(=O)N[C@@H](CCC3CC(F)C(C(F)(F)F)C(F)C3)C(=O)N2C1. The number of nitrogens with one attached hydrogen (secondary N) is 3. The highest BCUT2D eigenvalue weighted by Crippen LogP contribution is 2.46. The zero-order valence-electron chi connectivity index (χ0n) is 67.3. The van der Waals surface area contributed by atoms with Crippen LogP contribution in [-0.4, -0.2) is 301 Å². The number of hydrogen-bond donors (Lipinski definition) is 3. The van der Waals surface area contributed by atoms with Gasteiger partial charge in [-0.1, -0.05) is 46.0 Å². The van der Waals surface area contributed by atoms with Crippen LogP contribution >= 0.6 is 0 Å². The maximum atomic E-state index is 15.6. The molecule has 3 saturated heterocycles. The van der Waals surface area contributed by atoms with Gasteiger partial charge in [-0.3, -0.25) is 57.5 Å². The highest BCUT2D eigenvalue weighted by Gasteiger charge is 2.57. The van der Waals surface area contributed by atoms with Crippen LogP contribution in [0.4, 0.5) is 43.9 Å². The van der Waals surface area contributed by atoms with Crippen LogP contribution in [0, 0.1) is 41.4 Å². The first-order valence-corrected chi connectivity index (χ1v) is 40.6. The lowest BCUT2D eigenvalue weighted by molar-refractivity contribution is -0.219. The number of amides is 12. The number of rotatable bonds is 13. The summed E-state index contributed by atoms with van der Waals surface area (Å²) < 4.78 is 152. The van der Waals surface area contributed by atoms with Crippen LogP contribution in [0.3, 0.4) is 0 Å². The van der Waals surface area contributed by atoms with Crippen LogP contribution in [0.5, 0.6) is 0 Å². The Morgan fingerprint density at radius 1 is 0.558 bits per heavy atom. The third-order valence-electron chi connectivity index (χ3n) is 25.9. The Balaban J connectivity index is 1.21. The van der Waals surface area contributed by atoms with Gasteiger partial charge in [0.15, 0.2) is 0 Å². The molecule has 3 heterocycles. The molecule has 3 N–H and O–H groups in total. The molecule has 12 amide bonds. The number of likely N-dealkylation sites (N-methyl/N-ethyl adjacent to an activating group) is 7. The zero-order valence-corrected chi connectivity index (χ0v) is 67.3. The smallest absolute Gasteiger partial charge is 0.377 e. The monoisotopic (exact) mass is 1620 g/mol. The summed E-state index contributed by atoms with van der Waals surface area (Å²) in [5.41, 5.74) is -1.73. The summed E-state index contributed by atoms with van der Waals surface area (Å²) in [6, 6.07) is -11.9. The first-order valence-electron chi connectivity index (χ1n) is 40.6. The summed E-state index contributed by atoms with van der Waals surface area (Å²) in [5.74, 6) is -18.3. The number of carbonyl (C=O) groups is 12. The second-order valence-corrected chi connectivity index (χ2v) is 33.8. The molecule has 0 aromatic rings. The molecule has 1 spiro atoms. The van der Waals surface area contributed by atoms with Crippen LogP contribution < -0.4 is 16.0 Å². The first-order chi connectivity index (χ1) is 53.0. The van der Waals surface area contributed by atoms with E-state index in [9.17, 15) is 49.9 Å². The lowest BCUT2D eigenvalue weighted by Crippen LogP contribution is -2.68. The van der Waals surface area contributed by atoms with Gasteiger partial charge in [-0.25, -0.2) is 17.6 Å². The van der Waals surface area contributed by atoms with Crippen molar-refractivity contribution in [2.45, 2.75) is 291 Å². The Kier molecular flexibility index (Phi) is 31.7. The molecular weight excluding hydrogens is 1500 g/mol. The number of fused-ring (bicyclic) bond motifs is 3. The fourth-order valence-corrected chi connectivity index (χ4v) is 18.5. The quantitative estimate of drug-likeness (QED) is 0.152. The zero-order chi connectivity index (χ0) is 83.6. The summed E-state index contributed by atoms with van der Waals surface area (Å²) in [4.78, 5) is 192. The molecule has 25 nitrogen and oxygen atoms in total. The minimum absolute atomic E-state index is 0.0157. The van der Waals surface area contributed by atoms with Crippen molar-refractivity contribution < 1.29 is 106 Å². The average molecular weight is 1620 g/mol. The van der Waals surface area contributed by atoms with E-state index in [1.54, 1.807) is 20.8 Å². The van der Waals surface area contributed by atoms with Crippen LogP contribution in [0.25, 0.3) is 0 Å². The van der Waals surface area contributed by atoms with Crippen molar-refractivity contribution in [3.05, 3.63) is 0 Å². The van der Waals surface area contributed by atoms with E-state index >= 15 is 51.5 Å². The van der Waals surface area contributed by atoms with E-state index < -0.39 is 248 Å². The molecule has 0 aromatic heterocycles. The van der Waals surface area contributed by atoms with Gasteiger partial charge in [-0.15, -0.1) is 0 Å². The summed E-state index contributed by atoms with van der Waals surface area (Å²) in [5, 5.41) is 8.33. The summed E-state index contributed by atoms with van der Waals surface area (Å²) in [6.45, 7) is 3.08. The van der Waals surface area contributed by atoms with Crippen molar-refractivity contribution in [3.8, 4) is 0 Å². The minimum atomic E-state index is -5.23. The van der Waals surface area contributed by atoms with Gasteiger partial charge in [0.05, 0.1) is 31.5 Å². The number of alkyl halides is 10. The Hall–Kier alpha value is -7.10. The molecule has 5 saturated carbocycles. The van der Waals surface area contributed by atoms with Gasteiger partial charge >= 0.3 is 12.4 Å². The maximum Gasteiger partial charge on any atom is 0.397 e. The van der Waals surface area contributed by atoms with Gasteiger partial charge in [0, 0.05) is 82.5 Å². The fraction of sp³-hybridized carbons (Fsp3) is 0.846. The Morgan fingerprint density at radius 3 is 1.73 bits per heavy atom. The van der Waals surface area contributed by atoms with Crippen LogP contribution in [0.1, 0.15) is 194 Å². The molecule has 5 unspecified atom stereocenters. The predicted molar refractivity (Wildman–Crippen MR) is 393 cm³/mol. The molecular formula is C78H120F10N12O13. The van der Waals surface area contributed by atoms with Gasteiger partial charge in [0.2, 0.25) is 70.9 Å². The van der Waals surface area contributed by atoms with E-state index in [0.717, 1.165) is 34.3 Å². The second-order valence-electron chi connectivity index (χ2n) is 33.8. The van der Waals surface area contributed by atoms with Crippen LogP contribution in [0.15, 0.2) is 0 Å². The molecule has 35 heteroatoms. The van der Waals surface area contributed by atoms with Crippen molar-refractivity contribution in [2.24, 2.45) is 41.4 Å². The molecule has 5 aliphatic carbocycles. The highest BCUT2D eigenvalue weighted by molar-refractivity contribution is 6.01. The fourth-order valence-electron chi connectivity index (χ4n) is 18.5. The lowest BCUT2D eigenvalue weighted by Gasteiger charge is -2.46. The topological polar surface area (TPSA) is 279 Å². The summed E-state index contributed by atoms with van der Waals surface area (Å²) >= 11 is 0. The van der Waals surface area contributed by atoms with E-state index in [2.05, 4.69) is 16.0 Å². The Bertz CT molecular complexity index is 3350. The van der Waals surface area contributed by atoms with Crippen molar-refractivity contribution in [1.82, 2.24) is 60.0 Å². The van der Waals surface area contributed by atoms with E-state index in [-0.39, 0.29) is 116 Å². The molecule has 0 radical (unpaired) electrons. The molecule has 0 aromatic carbocycles. The number of hydrogen-bond acceptors (Lipinski definition) is 13. The predicted octanol–water partition coefficient (Wildman–Crippen LogP) is 7.40. The third-order valence-corrected chi connectivity index (χ3v) is 25.9. The summed E-state index contributed by atoms with van der Waals surface area (Å²) in [7, 11) is 10.5. The largest absolute Gasteiger partial charge is 0.397 e. The minimum Gasteiger partial charge on any atom is -0.377 e. The second kappa shape index (κ2) is 39.2. The van der Waals surface area contributed by atoms with Gasteiger partial charge in [0.25, 0.3) is 0 Å². The number of carbonyl (C=O) groups excluding carboxylic acids is 12. The van der Waals surface area contributed by atoms with Gasteiger partial charge in [0.1, 0.15) is 84.5 Å². The van der Waals surface area contributed by atoms with E-state index in [4.69, 9.17) is 4.74 Å². The van der Waals surface area contributed by atoms with Crippen LogP contribution in [-0.2, 0) is 62.3 Å². The van der Waals surface area contributed by atoms with Crippen molar-refractivity contribution in [2.75, 3.05) is 89.2 Å². The summed E-state index contributed by atoms with van der Waals surface area (Å²) in [6.07, 6.45) is -20.6. The molecule has 8 fully saturated rings. The molecule has 2 bridgehead atoms. The van der Waals surface area contributed by atoms with E-state index in [1.165, 1.54) is 66.2 Å². The van der Waals surface area contributed by atoms with Gasteiger partial charge in [-0.05, 0) is 165 Å². The molecule has 3 aliphatic heterocycles. The van der Waals surface area contributed by atoms with E-state index in [1.807, 2.05) is 0 Å². The van der Waals surface area contributed by atoms with Gasteiger partial charge in [-0.2, -0.15) is 26.3 Å². The Morgan fingerprint density at radius 2 is 1.16 bits per heavy atom. The molecule has 8 rings (SSSR count). The molecule has 640 valence electrons. The maximum absolute atomic E-state index is 15.6. The standard InChI is InChI=1S/C78H120F10N12O13/c1-12-44(3)65-73(110)94(7)43-63(103)95(8)56-22-15-14-18-33-99(72(56)109)60(37-45-23-27-49(28-24-45)77(83,84)85)71(108)93(6)42-61(101)89-55(30-26-46-35-53(81)64(54(82)36-46)78(86,87)88)69(106)100-41-50(113-13-2)39-58(100)68(105)91-76(31-19-32-76)75(112)98(11)66(48-20-16-17-21-48)74(111)97(10)59(70(107)92(4)5)40-62(102)96(9)57(67(104)90-65)38-47-25-29-51(79)52(80)34-47/h44-60,64-66H,12-43H2,1-11H3,(H,89,101)(H,90,104)(H,91,105)/t44-,45?,46?,47?,49?,50+,51?,52?,53?,54?,55-,56-,57-,58-,59-,60-,64?,65-,66-/m0/s1. The molecule has 113 heavy (non-hydrogen) atoms. The van der Waals surface area contributed by atoms with Crippen molar-refractivity contribution >= 4 is 70.9 Å². The lowest BCUT2D eigenvalue weighted by atomic mass is 9.74. The molecule has 8 aliphatic rings. The number of ether oxygens (including phenoxy) is 1. The van der Waals surface area contributed by atoms with Crippen LogP contribution in [0.2, 0.25) is 0 Å². The van der Waals surface area contributed by atoms with Crippen molar-refractivity contribution in [1.29, 1.82) is 0 Å². The molecule has 15 atom stereocenters. The highest BCUT2D eigenvalue weighted by atomic mass is 19.4. The normalized spacial score (nSPS) is 33.7. The third kappa shape index (κ3) is 22.2. The number of halogens is 10. The Labute approximate surface area is 656 Å². The number of nitrogens with zero attached hydrogens (tertiary/aromatic N) is 9. The van der Waals surface area contributed by atoms with Gasteiger partial charge < -0.3 is 64.8 Å². The van der Waals surface area contributed by atoms with Crippen molar-refractivity contribution in [3.63, 3.8) is 0 Å². The first kappa shape index (κ1) is 91.4.